The maximum absolute atomic E-state index is 15.1. The highest BCUT2D eigenvalue weighted by Gasteiger charge is 2.71. The fourth-order valence-corrected chi connectivity index (χ4v) is 16.2. The molecule has 9 rings (SSSR count). The summed E-state index contributed by atoms with van der Waals surface area (Å²) in [6.07, 6.45) is -20.8. The van der Waals surface area contributed by atoms with E-state index >= 15 is 4.79 Å². The smallest absolute Gasteiger partial charge is 0.318 e. The van der Waals surface area contributed by atoms with Crippen molar-refractivity contribution in [3.63, 3.8) is 0 Å². The summed E-state index contributed by atoms with van der Waals surface area (Å²) in [4.78, 5) is 15.1. The molecule has 0 aromatic carbocycles. The molecule has 13 N–H and O–H groups in total. The van der Waals surface area contributed by atoms with E-state index in [9.17, 15) is 66.4 Å². The van der Waals surface area contributed by atoms with Crippen molar-refractivity contribution in [3.05, 3.63) is 11.6 Å². The summed E-state index contributed by atoms with van der Waals surface area (Å²) >= 11 is 0. The molecule has 0 bridgehead atoms. The molecular weight excluding hydrogens is 989 g/mol. The summed E-state index contributed by atoms with van der Waals surface area (Å²) in [5.41, 5.74) is -1.97. The monoisotopic (exact) mass is 1070 g/mol. The Balaban J connectivity index is 0.918. The average Bonchev–Trinajstić information content (AvgIpc) is 3.37. The Labute approximate surface area is 437 Å². The number of carbonyl (C=O) groups is 1. The van der Waals surface area contributed by atoms with Crippen molar-refractivity contribution in [1.82, 2.24) is 0 Å². The summed E-state index contributed by atoms with van der Waals surface area (Å²) in [5.74, 6) is -0.479. The molecule has 4 aliphatic heterocycles. The van der Waals surface area contributed by atoms with Crippen LogP contribution in [0.4, 0.5) is 0 Å². The SMILES string of the molecule is C[C@@H]1O[C@@H](O[C@H]2[C@H](O[C@H]3CC[C@@]4(C)[C@@H](CC[C@]5(C)[C@@H]4CC[C@@H]4C6=CC(C)(C)CC[C@]6(C(=O)O[C@@H]6O[C@H](CO[C@@H]7O[C@H](CO)[C@@H](O)[C@H](O)[C@H]7O)[C@@H](O)[C@H](O)[C@H]6O)CC[C@]45C)[C@]3(C)CO)OC[C@H](O)[C@@H]2O)[C@H](O)[C@H](O)[C@H]1O. The molecule has 75 heavy (non-hydrogen) atoms. The molecule has 4 saturated carbocycles. The lowest BCUT2D eigenvalue weighted by molar-refractivity contribution is -0.366. The molecule has 4 saturated heterocycles. The second kappa shape index (κ2) is 21.1. The van der Waals surface area contributed by atoms with Crippen molar-refractivity contribution in [1.29, 1.82) is 0 Å². The first-order valence-corrected chi connectivity index (χ1v) is 27.3. The summed E-state index contributed by atoms with van der Waals surface area (Å²) in [5, 5.41) is 139. The summed E-state index contributed by atoms with van der Waals surface area (Å²) in [6, 6.07) is 0. The molecule has 0 radical (unpaired) electrons. The van der Waals surface area contributed by atoms with Gasteiger partial charge in [0.15, 0.2) is 18.9 Å². The van der Waals surface area contributed by atoms with Crippen LogP contribution >= 0.6 is 0 Å². The molecule has 0 aromatic rings. The largest absolute Gasteiger partial charge is 0.432 e. The summed E-state index contributed by atoms with van der Waals surface area (Å²) < 4.78 is 47.6. The van der Waals surface area contributed by atoms with Crippen LogP contribution in [0.25, 0.3) is 0 Å². The lowest BCUT2D eigenvalue weighted by atomic mass is 9.32. The first-order chi connectivity index (χ1) is 35.1. The van der Waals surface area contributed by atoms with Crippen LogP contribution < -0.4 is 0 Å². The van der Waals surface area contributed by atoms with Gasteiger partial charge in [0.1, 0.15) is 85.5 Å². The van der Waals surface area contributed by atoms with E-state index in [0.29, 0.717) is 32.1 Å². The Morgan fingerprint density at radius 3 is 1.91 bits per heavy atom. The molecule has 22 heteroatoms. The van der Waals surface area contributed by atoms with Crippen molar-refractivity contribution in [2.24, 2.45) is 50.2 Å². The number of aliphatic hydroxyl groups is 13. The number of ether oxygens (including phenoxy) is 8. The minimum absolute atomic E-state index is 0.0286. The van der Waals surface area contributed by atoms with Gasteiger partial charge in [-0.3, -0.25) is 4.79 Å². The third-order valence-electron chi connectivity index (χ3n) is 21.1. The lowest BCUT2D eigenvalue weighted by Gasteiger charge is -2.72. The fraction of sp³-hybridized carbons (Fsp3) is 0.943. The summed E-state index contributed by atoms with van der Waals surface area (Å²) in [7, 11) is 0. The third kappa shape index (κ3) is 9.50. The van der Waals surface area contributed by atoms with E-state index in [1.165, 1.54) is 6.92 Å². The predicted octanol–water partition coefficient (Wildman–Crippen LogP) is -1.40. The molecule has 8 fully saturated rings. The van der Waals surface area contributed by atoms with Crippen molar-refractivity contribution in [2.45, 2.75) is 235 Å². The zero-order valence-electron chi connectivity index (χ0n) is 44.2. The standard InChI is InChI=1S/C53H86O22/c1-23-32(57)36(61)40(65)44(70-23)74-42-33(58)26(56)20-68-46(42)73-31-11-12-49(4)29(50(31,5)22-55)10-13-52(7)30(49)9-8-24-25-18-48(2,3)14-16-53(25,17-15-51(24,52)6)47(67)75-45-41(66)38(63)35(60)28(72-45)21-69-43-39(64)37(62)34(59)27(19-54)71-43/h18,23-24,26-46,54-66H,8-17,19-22H2,1-7H3/t23-,24+,26-,27+,28+,29+,30+,31-,32-,33-,34+,35+,36+,37-,38-,39+,40+,41+,42+,43+,44-,45-,46-,49-,50-,51+,52+,53-/m0/s1. The average molecular weight is 1080 g/mol. The van der Waals surface area contributed by atoms with Crippen LogP contribution in [0.2, 0.25) is 0 Å². The van der Waals surface area contributed by atoms with Gasteiger partial charge in [-0.25, -0.2) is 0 Å². The molecule has 430 valence electrons. The first kappa shape index (κ1) is 58.1. The quantitative estimate of drug-likeness (QED) is 0.0643. The van der Waals surface area contributed by atoms with Crippen LogP contribution in [0.1, 0.15) is 113 Å². The van der Waals surface area contributed by atoms with Crippen LogP contribution in [0.3, 0.4) is 0 Å². The van der Waals surface area contributed by atoms with Crippen molar-refractivity contribution in [2.75, 3.05) is 26.4 Å². The number of hydrogen-bond donors (Lipinski definition) is 13. The highest BCUT2D eigenvalue weighted by atomic mass is 16.8. The van der Waals surface area contributed by atoms with E-state index in [4.69, 9.17) is 37.9 Å². The number of fused-ring (bicyclic) bond motifs is 7. The Kier molecular flexibility index (Phi) is 16.3. The van der Waals surface area contributed by atoms with Crippen molar-refractivity contribution in [3.8, 4) is 0 Å². The maximum Gasteiger partial charge on any atom is 0.318 e. The van der Waals surface area contributed by atoms with E-state index in [0.717, 1.165) is 37.7 Å². The Hall–Kier alpha value is -1.59. The number of hydrogen-bond acceptors (Lipinski definition) is 22. The Morgan fingerprint density at radius 2 is 1.23 bits per heavy atom. The summed E-state index contributed by atoms with van der Waals surface area (Å²) in [6.45, 7) is 13.2. The van der Waals surface area contributed by atoms with Gasteiger partial charge in [0.25, 0.3) is 0 Å². The molecule has 4 heterocycles. The molecule has 0 spiro atoms. The van der Waals surface area contributed by atoms with E-state index in [1.807, 2.05) is 6.92 Å². The molecule has 5 aliphatic carbocycles. The van der Waals surface area contributed by atoms with Gasteiger partial charge in [0.05, 0.1) is 44.1 Å². The highest BCUT2D eigenvalue weighted by molar-refractivity contribution is 5.82. The van der Waals surface area contributed by atoms with E-state index < -0.39 is 153 Å². The minimum Gasteiger partial charge on any atom is -0.432 e. The highest BCUT2D eigenvalue weighted by Crippen LogP contribution is 2.76. The van der Waals surface area contributed by atoms with Gasteiger partial charge in [-0.1, -0.05) is 53.2 Å². The lowest BCUT2D eigenvalue weighted by Crippen LogP contribution is -2.68. The van der Waals surface area contributed by atoms with Crippen molar-refractivity contribution >= 4 is 5.97 Å². The number of carbonyl (C=O) groups excluding carboxylic acids is 1. The van der Waals surface area contributed by atoms with Crippen molar-refractivity contribution < 1.29 is 109 Å². The van der Waals surface area contributed by atoms with Gasteiger partial charge in [-0.2, -0.15) is 0 Å². The minimum atomic E-state index is -1.84. The van der Waals surface area contributed by atoms with Gasteiger partial charge in [0, 0.05) is 5.41 Å². The number of aliphatic hydroxyl groups excluding tert-OH is 13. The first-order valence-electron chi connectivity index (χ1n) is 27.3. The molecular formula is C53H86O22. The van der Waals surface area contributed by atoms with Crippen LogP contribution in [-0.2, 0) is 42.7 Å². The van der Waals surface area contributed by atoms with E-state index in [1.54, 1.807) is 0 Å². The molecule has 0 aromatic heterocycles. The fourth-order valence-electron chi connectivity index (χ4n) is 16.2. The normalized spacial score (nSPS) is 54.8. The van der Waals surface area contributed by atoms with Crippen LogP contribution in [0.5, 0.6) is 0 Å². The Morgan fingerprint density at radius 1 is 0.600 bits per heavy atom. The van der Waals surface area contributed by atoms with Gasteiger partial charge in [-0.05, 0) is 111 Å². The molecule has 22 nitrogen and oxygen atoms in total. The van der Waals surface area contributed by atoms with Crippen LogP contribution in [0.15, 0.2) is 11.6 Å². The molecule has 0 unspecified atom stereocenters. The maximum atomic E-state index is 15.1. The Bertz CT molecular complexity index is 2060. The number of allylic oxidation sites excluding steroid dienone is 1. The van der Waals surface area contributed by atoms with E-state index in [-0.39, 0.29) is 52.6 Å². The zero-order valence-corrected chi connectivity index (χ0v) is 44.2. The topological polar surface area (TPSA) is 354 Å². The van der Waals surface area contributed by atoms with Gasteiger partial charge in [0.2, 0.25) is 6.29 Å². The predicted molar refractivity (Wildman–Crippen MR) is 257 cm³/mol. The second-order valence-electron chi connectivity index (χ2n) is 25.6. The molecule has 28 atom stereocenters. The van der Waals surface area contributed by atoms with Gasteiger partial charge < -0.3 is 104 Å². The zero-order chi connectivity index (χ0) is 54.7. The van der Waals surface area contributed by atoms with Crippen LogP contribution in [0, 0.1) is 50.2 Å². The van der Waals surface area contributed by atoms with Gasteiger partial charge in [-0.15, -0.1) is 0 Å². The number of rotatable bonds is 11. The molecule has 0 amide bonds. The van der Waals surface area contributed by atoms with Crippen LogP contribution in [-0.4, -0.2) is 222 Å². The second-order valence-corrected chi connectivity index (χ2v) is 25.6. The van der Waals surface area contributed by atoms with E-state index in [2.05, 4.69) is 40.7 Å². The molecule has 9 aliphatic rings. The van der Waals surface area contributed by atoms with Gasteiger partial charge >= 0.3 is 5.97 Å². The number of esters is 1. The third-order valence-corrected chi connectivity index (χ3v) is 21.1.